The first-order valence-electron chi connectivity index (χ1n) is 3.80. The van der Waals surface area contributed by atoms with E-state index in [1.54, 1.807) is 0 Å². The molecule has 10 heavy (non-hydrogen) atoms. The van der Waals surface area contributed by atoms with Crippen LogP contribution in [0.15, 0.2) is 0 Å². The second kappa shape index (κ2) is 3.01. The Kier molecular flexibility index (Phi) is 2.26. The van der Waals surface area contributed by atoms with Crippen LogP contribution in [-0.2, 0) is 0 Å². The number of alkyl halides is 1. The first kappa shape index (κ1) is 7.53. The number of nitriles is 1. The van der Waals surface area contributed by atoms with E-state index in [4.69, 9.17) is 5.26 Å². The molecule has 0 aromatic rings. The fraction of sp³-hybridized carbons (Fsp3) is 0.875. The molecule has 0 N–H and O–H groups in total. The van der Waals surface area contributed by atoms with Gasteiger partial charge in [0.15, 0.2) is 0 Å². The Morgan fingerprint density at radius 3 is 2.40 bits per heavy atom. The molecule has 0 unspecified atom stereocenters. The summed E-state index contributed by atoms with van der Waals surface area (Å²) in [7, 11) is 0. The van der Waals surface area contributed by atoms with Crippen molar-refractivity contribution in [2.24, 2.45) is 5.41 Å². The second-order valence-electron chi connectivity index (χ2n) is 3.04. The Morgan fingerprint density at radius 2 is 2.00 bits per heavy atom. The lowest BCUT2D eigenvalue weighted by molar-refractivity contribution is 0.317. The lowest BCUT2D eigenvalue weighted by Gasteiger charge is -2.16. The van der Waals surface area contributed by atoms with Gasteiger partial charge in [-0.2, -0.15) is 5.26 Å². The third kappa shape index (κ3) is 1.29. The summed E-state index contributed by atoms with van der Waals surface area (Å²) in [6, 6.07) is 2.24. The lowest BCUT2D eigenvalue weighted by atomic mass is 9.85. The van der Waals surface area contributed by atoms with Gasteiger partial charge in [-0.1, -0.05) is 12.8 Å². The summed E-state index contributed by atoms with van der Waals surface area (Å²) < 4.78 is 11.9. The van der Waals surface area contributed by atoms with Gasteiger partial charge in [0.2, 0.25) is 0 Å². The van der Waals surface area contributed by atoms with E-state index in [0.717, 1.165) is 25.7 Å². The van der Waals surface area contributed by atoms with Gasteiger partial charge in [-0.05, 0) is 19.3 Å². The van der Waals surface area contributed by atoms with Crippen molar-refractivity contribution in [2.45, 2.75) is 32.1 Å². The molecule has 0 amide bonds. The summed E-state index contributed by atoms with van der Waals surface area (Å²) in [5.41, 5.74) is -0.283. The largest absolute Gasteiger partial charge is 0.251 e. The van der Waals surface area contributed by atoms with Crippen molar-refractivity contribution in [3.63, 3.8) is 0 Å². The highest BCUT2D eigenvalue weighted by atomic mass is 19.1. The molecule has 1 aliphatic rings. The quantitative estimate of drug-likeness (QED) is 0.579. The fourth-order valence-corrected chi connectivity index (χ4v) is 1.65. The van der Waals surface area contributed by atoms with E-state index in [2.05, 4.69) is 6.07 Å². The van der Waals surface area contributed by atoms with Gasteiger partial charge in [0.1, 0.15) is 0 Å². The highest BCUT2D eigenvalue weighted by molar-refractivity contribution is 5.01. The predicted octanol–water partition coefficient (Wildman–Crippen LogP) is 2.43. The van der Waals surface area contributed by atoms with Crippen molar-refractivity contribution in [3.05, 3.63) is 0 Å². The normalized spacial score (nSPS) is 22.4. The molecule has 0 aromatic carbocycles. The highest BCUT2D eigenvalue weighted by Gasteiger charge is 2.33. The van der Waals surface area contributed by atoms with E-state index in [9.17, 15) is 4.39 Å². The third-order valence-corrected chi connectivity index (χ3v) is 2.37. The van der Waals surface area contributed by atoms with Crippen LogP contribution in [0, 0.1) is 16.7 Å². The zero-order chi connectivity index (χ0) is 7.45. The molecule has 56 valence electrons. The molecule has 0 heterocycles. The molecule has 0 atom stereocenters. The minimum Gasteiger partial charge on any atom is -0.251 e. The monoisotopic (exact) mass is 141 g/mol. The maximum absolute atomic E-state index is 11.9. The molecule has 0 aromatic heterocycles. The molecule has 0 aliphatic heterocycles. The van der Waals surface area contributed by atoms with Crippen molar-refractivity contribution >= 4 is 0 Å². The van der Waals surface area contributed by atoms with E-state index < -0.39 is 0 Å². The standard InChI is InChI=1S/C8H12FN/c9-6-5-8(7-10)3-1-2-4-8/h1-6H2. The topological polar surface area (TPSA) is 23.8 Å². The third-order valence-electron chi connectivity index (χ3n) is 2.37. The molecule has 1 rings (SSSR count). The SMILES string of the molecule is N#CC1(CCF)CCCC1. The molecule has 1 nitrogen and oxygen atoms in total. The molecule has 0 bridgehead atoms. The molecule has 2 heteroatoms. The maximum Gasteiger partial charge on any atom is 0.0909 e. The Morgan fingerprint density at radius 1 is 1.40 bits per heavy atom. The first-order chi connectivity index (χ1) is 4.83. The van der Waals surface area contributed by atoms with E-state index in [-0.39, 0.29) is 12.1 Å². The summed E-state index contributed by atoms with van der Waals surface area (Å²) in [6.07, 6.45) is 4.48. The summed E-state index contributed by atoms with van der Waals surface area (Å²) in [5, 5.41) is 8.73. The Labute approximate surface area is 60.8 Å². The van der Waals surface area contributed by atoms with Gasteiger partial charge in [0.25, 0.3) is 0 Å². The minimum atomic E-state index is -0.340. The highest BCUT2D eigenvalue weighted by Crippen LogP contribution is 2.40. The maximum atomic E-state index is 11.9. The molecular weight excluding hydrogens is 129 g/mol. The van der Waals surface area contributed by atoms with Crippen LogP contribution >= 0.6 is 0 Å². The van der Waals surface area contributed by atoms with Gasteiger partial charge in [0, 0.05) is 0 Å². The second-order valence-corrected chi connectivity index (χ2v) is 3.04. The number of nitrogens with zero attached hydrogens (tertiary/aromatic N) is 1. The summed E-state index contributed by atoms with van der Waals surface area (Å²) >= 11 is 0. The smallest absolute Gasteiger partial charge is 0.0909 e. The average Bonchev–Trinajstić information content (AvgIpc) is 2.39. The fourth-order valence-electron chi connectivity index (χ4n) is 1.65. The van der Waals surface area contributed by atoms with Crippen LogP contribution in [0.5, 0.6) is 0 Å². The van der Waals surface area contributed by atoms with Crippen LogP contribution in [0.1, 0.15) is 32.1 Å². The van der Waals surface area contributed by atoms with Crippen LogP contribution in [0.4, 0.5) is 4.39 Å². The van der Waals surface area contributed by atoms with Gasteiger partial charge in [0.05, 0.1) is 18.2 Å². The summed E-state index contributed by atoms with van der Waals surface area (Å²) in [5.74, 6) is 0. The average molecular weight is 141 g/mol. The van der Waals surface area contributed by atoms with Crippen LogP contribution in [-0.4, -0.2) is 6.67 Å². The van der Waals surface area contributed by atoms with Crippen molar-refractivity contribution in [2.75, 3.05) is 6.67 Å². The van der Waals surface area contributed by atoms with Crippen molar-refractivity contribution in [3.8, 4) is 6.07 Å². The first-order valence-corrected chi connectivity index (χ1v) is 3.80. The van der Waals surface area contributed by atoms with Crippen molar-refractivity contribution in [1.29, 1.82) is 5.26 Å². The van der Waals surface area contributed by atoms with Crippen LogP contribution in [0.2, 0.25) is 0 Å². The summed E-state index contributed by atoms with van der Waals surface area (Å²) in [4.78, 5) is 0. The van der Waals surface area contributed by atoms with E-state index in [0.29, 0.717) is 6.42 Å². The van der Waals surface area contributed by atoms with Gasteiger partial charge in [-0.15, -0.1) is 0 Å². The van der Waals surface area contributed by atoms with Crippen LogP contribution in [0.25, 0.3) is 0 Å². The van der Waals surface area contributed by atoms with Crippen molar-refractivity contribution < 1.29 is 4.39 Å². The minimum absolute atomic E-state index is 0.283. The van der Waals surface area contributed by atoms with E-state index >= 15 is 0 Å². The van der Waals surface area contributed by atoms with Crippen LogP contribution < -0.4 is 0 Å². The molecule has 1 saturated carbocycles. The van der Waals surface area contributed by atoms with Crippen molar-refractivity contribution in [1.82, 2.24) is 0 Å². The van der Waals surface area contributed by atoms with Gasteiger partial charge < -0.3 is 0 Å². The zero-order valence-electron chi connectivity index (χ0n) is 6.07. The van der Waals surface area contributed by atoms with Gasteiger partial charge in [-0.3, -0.25) is 4.39 Å². The van der Waals surface area contributed by atoms with E-state index in [1.807, 2.05) is 0 Å². The molecule has 1 fully saturated rings. The predicted molar refractivity (Wildman–Crippen MR) is 37.1 cm³/mol. The number of hydrogen-bond donors (Lipinski definition) is 0. The van der Waals surface area contributed by atoms with Gasteiger partial charge in [-0.25, -0.2) is 0 Å². The molecular formula is C8H12FN. The number of rotatable bonds is 2. The van der Waals surface area contributed by atoms with Gasteiger partial charge >= 0.3 is 0 Å². The Hall–Kier alpha value is -0.580. The lowest BCUT2D eigenvalue weighted by Crippen LogP contribution is -2.13. The molecule has 1 aliphatic carbocycles. The Bertz CT molecular complexity index is 142. The summed E-state index contributed by atoms with van der Waals surface area (Å²) in [6.45, 7) is -0.340. The molecule has 0 radical (unpaired) electrons. The van der Waals surface area contributed by atoms with Crippen LogP contribution in [0.3, 0.4) is 0 Å². The number of halogens is 1. The van der Waals surface area contributed by atoms with E-state index in [1.165, 1.54) is 0 Å². The molecule has 0 saturated heterocycles. The zero-order valence-corrected chi connectivity index (χ0v) is 6.07. The number of hydrogen-bond acceptors (Lipinski definition) is 1. The molecule has 0 spiro atoms. The Balaban J connectivity index is 2.51.